The van der Waals surface area contributed by atoms with Gasteiger partial charge < -0.3 is 19.8 Å². The Bertz CT molecular complexity index is 191. The maximum absolute atomic E-state index is 11.2. The Kier molecular flexibility index (Phi) is 4.51. The Balaban J connectivity index is 5.04. The SMILES string of the molecule is C[N+](C)(C)C(CCO)(CCO)C(=O)O. The Morgan fingerprint density at radius 1 is 1.14 bits per heavy atom. The lowest BCUT2D eigenvalue weighted by atomic mass is 9.88. The molecule has 0 aliphatic heterocycles. The largest absolute Gasteiger partial charge is 0.477 e. The van der Waals surface area contributed by atoms with Crippen molar-refractivity contribution in [3.05, 3.63) is 0 Å². The van der Waals surface area contributed by atoms with E-state index in [0.29, 0.717) is 0 Å². The Morgan fingerprint density at radius 2 is 1.50 bits per heavy atom. The van der Waals surface area contributed by atoms with E-state index in [-0.39, 0.29) is 30.5 Å². The first kappa shape index (κ1) is 13.4. The van der Waals surface area contributed by atoms with Crippen molar-refractivity contribution in [2.75, 3.05) is 34.4 Å². The predicted octanol–water partition coefficient (Wildman–Crippen LogP) is -0.719. The van der Waals surface area contributed by atoms with E-state index in [4.69, 9.17) is 10.2 Å². The third kappa shape index (κ3) is 2.43. The molecule has 0 fully saturated rings. The zero-order valence-corrected chi connectivity index (χ0v) is 9.03. The summed E-state index contributed by atoms with van der Waals surface area (Å²) in [5.74, 6) is -0.979. The van der Waals surface area contributed by atoms with Crippen LogP contribution in [0.3, 0.4) is 0 Å². The monoisotopic (exact) mass is 206 g/mol. The third-order valence-corrected chi connectivity index (χ3v) is 2.73. The molecule has 0 heterocycles. The van der Waals surface area contributed by atoms with Gasteiger partial charge in [-0.1, -0.05) is 0 Å². The number of aliphatic hydroxyl groups is 2. The summed E-state index contributed by atoms with van der Waals surface area (Å²) < 4.78 is 0.184. The number of aliphatic carboxylic acids is 1. The second kappa shape index (κ2) is 4.72. The number of carbonyl (C=O) groups is 1. The normalized spacial score (nSPS) is 12.9. The molecule has 84 valence electrons. The molecule has 0 aliphatic carbocycles. The summed E-state index contributed by atoms with van der Waals surface area (Å²) in [5, 5.41) is 27.0. The van der Waals surface area contributed by atoms with Crippen molar-refractivity contribution < 1.29 is 24.6 Å². The minimum absolute atomic E-state index is 0.145. The van der Waals surface area contributed by atoms with Gasteiger partial charge >= 0.3 is 5.97 Å². The van der Waals surface area contributed by atoms with Crippen LogP contribution in [0.5, 0.6) is 0 Å². The molecule has 0 bridgehead atoms. The average Bonchev–Trinajstić information content (AvgIpc) is 2.01. The fraction of sp³-hybridized carbons (Fsp3) is 0.889. The van der Waals surface area contributed by atoms with E-state index in [0.717, 1.165) is 0 Å². The van der Waals surface area contributed by atoms with Crippen LogP contribution in [-0.2, 0) is 4.79 Å². The molecule has 0 aromatic rings. The van der Waals surface area contributed by atoms with E-state index in [2.05, 4.69) is 0 Å². The molecule has 0 aromatic carbocycles. The Morgan fingerprint density at radius 3 is 1.64 bits per heavy atom. The molecule has 0 radical (unpaired) electrons. The van der Waals surface area contributed by atoms with Crippen LogP contribution in [0.25, 0.3) is 0 Å². The number of aliphatic hydroxyl groups excluding tert-OH is 2. The zero-order valence-electron chi connectivity index (χ0n) is 9.03. The van der Waals surface area contributed by atoms with Crippen LogP contribution < -0.4 is 0 Å². The highest BCUT2D eigenvalue weighted by Crippen LogP contribution is 2.27. The predicted molar refractivity (Wildman–Crippen MR) is 51.8 cm³/mol. The molecule has 0 saturated heterocycles. The summed E-state index contributed by atoms with van der Waals surface area (Å²) in [6.07, 6.45) is 0.290. The lowest BCUT2D eigenvalue weighted by Crippen LogP contribution is -2.62. The molecule has 3 N–H and O–H groups in total. The smallest absolute Gasteiger partial charge is 0.365 e. The minimum Gasteiger partial charge on any atom is -0.477 e. The Hall–Kier alpha value is -0.650. The van der Waals surface area contributed by atoms with Crippen molar-refractivity contribution >= 4 is 5.97 Å². The van der Waals surface area contributed by atoms with Crippen molar-refractivity contribution in [1.82, 2.24) is 0 Å². The molecule has 0 aromatic heterocycles. The number of hydrogen-bond acceptors (Lipinski definition) is 3. The van der Waals surface area contributed by atoms with Crippen molar-refractivity contribution in [3.63, 3.8) is 0 Å². The van der Waals surface area contributed by atoms with Crippen molar-refractivity contribution in [2.45, 2.75) is 18.4 Å². The number of likely N-dealkylation sites (N-methyl/N-ethyl adjacent to an activating group) is 1. The first-order chi connectivity index (χ1) is 6.31. The maximum Gasteiger partial charge on any atom is 0.365 e. The van der Waals surface area contributed by atoms with Crippen LogP contribution in [-0.4, -0.2) is 65.7 Å². The maximum atomic E-state index is 11.2. The van der Waals surface area contributed by atoms with Gasteiger partial charge in [0.25, 0.3) is 0 Å². The number of hydrogen-bond donors (Lipinski definition) is 3. The number of carboxylic acid groups (broad SMARTS) is 1. The van der Waals surface area contributed by atoms with Crippen LogP contribution >= 0.6 is 0 Å². The first-order valence-corrected chi connectivity index (χ1v) is 4.58. The summed E-state index contributed by atoms with van der Waals surface area (Å²) in [4.78, 5) is 11.2. The van der Waals surface area contributed by atoms with Crippen LogP contribution in [0.4, 0.5) is 0 Å². The molecule has 0 aliphatic rings. The van der Waals surface area contributed by atoms with Gasteiger partial charge in [-0.05, 0) is 0 Å². The Labute approximate surface area is 84.2 Å². The molecule has 0 unspecified atom stereocenters. The lowest BCUT2D eigenvalue weighted by molar-refractivity contribution is -0.915. The summed E-state index contributed by atoms with van der Waals surface area (Å²) in [6, 6.07) is 0. The summed E-state index contributed by atoms with van der Waals surface area (Å²) in [5.41, 5.74) is -1.11. The standard InChI is InChI=1S/C9H19NO4/c1-10(2,3)9(4-6-11,5-7-12)8(13)14/h11-12H,4-7H2,1-3H3/p+1. The van der Waals surface area contributed by atoms with E-state index in [1.54, 1.807) is 21.1 Å². The number of rotatable bonds is 6. The van der Waals surface area contributed by atoms with Gasteiger partial charge in [0.05, 0.1) is 21.1 Å². The zero-order chi connectivity index (χ0) is 11.4. The minimum atomic E-state index is -1.11. The highest BCUT2D eigenvalue weighted by molar-refractivity contribution is 5.77. The number of nitrogens with zero attached hydrogens (tertiary/aromatic N) is 1. The van der Waals surface area contributed by atoms with Gasteiger partial charge in [0.1, 0.15) is 0 Å². The van der Waals surface area contributed by atoms with Gasteiger partial charge in [0.15, 0.2) is 0 Å². The fourth-order valence-electron chi connectivity index (χ4n) is 1.67. The second-order valence-electron chi connectivity index (χ2n) is 4.30. The molecule has 5 nitrogen and oxygen atoms in total. The van der Waals surface area contributed by atoms with Gasteiger partial charge in [0.2, 0.25) is 5.54 Å². The average molecular weight is 206 g/mol. The van der Waals surface area contributed by atoms with Crippen LogP contribution in [0.2, 0.25) is 0 Å². The van der Waals surface area contributed by atoms with Gasteiger partial charge in [-0.2, -0.15) is 0 Å². The highest BCUT2D eigenvalue weighted by atomic mass is 16.4. The van der Waals surface area contributed by atoms with E-state index in [1.165, 1.54) is 0 Å². The van der Waals surface area contributed by atoms with Gasteiger partial charge in [-0.25, -0.2) is 4.79 Å². The molecular weight excluding hydrogens is 186 g/mol. The van der Waals surface area contributed by atoms with Crippen LogP contribution in [0.15, 0.2) is 0 Å². The molecule has 0 spiro atoms. The number of carboxylic acids is 1. The molecule has 5 heteroatoms. The van der Waals surface area contributed by atoms with Crippen molar-refractivity contribution in [3.8, 4) is 0 Å². The number of quaternary nitrogens is 1. The fourth-order valence-corrected chi connectivity index (χ4v) is 1.67. The molecule has 0 saturated carbocycles. The van der Waals surface area contributed by atoms with Gasteiger partial charge in [-0.3, -0.25) is 0 Å². The van der Waals surface area contributed by atoms with E-state index in [9.17, 15) is 9.90 Å². The molecule has 0 rings (SSSR count). The van der Waals surface area contributed by atoms with E-state index < -0.39 is 11.5 Å². The molecule has 0 amide bonds. The lowest BCUT2D eigenvalue weighted by Gasteiger charge is -2.42. The summed E-state index contributed by atoms with van der Waals surface area (Å²) in [6.45, 7) is -0.385. The third-order valence-electron chi connectivity index (χ3n) is 2.73. The van der Waals surface area contributed by atoms with E-state index in [1.807, 2.05) is 0 Å². The highest BCUT2D eigenvalue weighted by Gasteiger charge is 2.49. The molecular formula is C9H20NO4+. The van der Waals surface area contributed by atoms with Gasteiger partial charge in [0, 0.05) is 26.1 Å². The molecule has 0 atom stereocenters. The van der Waals surface area contributed by atoms with Crippen LogP contribution in [0, 0.1) is 0 Å². The summed E-state index contributed by atoms with van der Waals surface area (Å²) >= 11 is 0. The summed E-state index contributed by atoms with van der Waals surface area (Å²) in [7, 11) is 5.25. The van der Waals surface area contributed by atoms with Crippen molar-refractivity contribution in [1.29, 1.82) is 0 Å². The second-order valence-corrected chi connectivity index (χ2v) is 4.30. The quantitative estimate of drug-likeness (QED) is 0.501. The van der Waals surface area contributed by atoms with Crippen LogP contribution in [0.1, 0.15) is 12.8 Å². The van der Waals surface area contributed by atoms with Gasteiger partial charge in [-0.15, -0.1) is 0 Å². The topological polar surface area (TPSA) is 77.8 Å². The van der Waals surface area contributed by atoms with E-state index >= 15 is 0 Å². The van der Waals surface area contributed by atoms with Crippen molar-refractivity contribution in [2.24, 2.45) is 0 Å². The molecule has 14 heavy (non-hydrogen) atoms. The first-order valence-electron chi connectivity index (χ1n) is 4.58.